The van der Waals surface area contributed by atoms with Crippen LogP contribution in [0.1, 0.15) is 20.3 Å². The summed E-state index contributed by atoms with van der Waals surface area (Å²) in [4.78, 5) is 12.8. The summed E-state index contributed by atoms with van der Waals surface area (Å²) in [7, 11) is 2.95. The Balaban J connectivity index is 4.34. The van der Waals surface area contributed by atoms with E-state index in [1.807, 2.05) is 0 Å². The van der Waals surface area contributed by atoms with Crippen molar-refractivity contribution in [2.45, 2.75) is 32.0 Å². The van der Waals surface area contributed by atoms with Crippen LogP contribution in [0.15, 0.2) is 0 Å². The van der Waals surface area contributed by atoms with Crippen molar-refractivity contribution in [1.82, 2.24) is 10.2 Å². The van der Waals surface area contributed by atoms with Crippen molar-refractivity contribution in [2.75, 3.05) is 33.8 Å². The molecule has 0 saturated heterocycles. The van der Waals surface area contributed by atoms with Crippen LogP contribution >= 0.6 is 0 Å². The van der Waals surface area contributed by atoms with Crippen LogP contribution in [-0.4, -0.2) is 56.4 Å². The highest BCUT2D eigenvalue weighted by Crippen LogP contribution is 2.17. The molecule has 1 unspecified atom stereocenters. The fourth-order valence-corrected chi connectivity index (χ4v) is 1.42. The van der Waals surface area contributed by atoms with Crippen LogP contribution in [0.4, 0.5) is 13.2 Å². The van der Waals surface area contributed by atoms with E-state index in [-0.39, 0.29) is 19.6 Å². The van der Waals surface area contributed by atoms with Crippen LogP contribution in [-0.2, 0) is 9.53 Å². The molecule has 108 valence electrons. The van der Waals surface area contributed by atoms with Crippen molar-refractivity contribution in [3.8, 4) is 0 Å². The first-order valence-electron chi connectivity index (χ1n) is 5.76. The van der Waals surface area contributed by atoms with Crippen molar-refractivity contribution < 1.29 is 22.7 Å². The zero-order chi connectivity index (χ0) is 14.4. The molecule has 0 heterocycles. The van der Waals surface area contributed by atoms with E-state index in [4.69, 9.17) is 4.74 Å². The summed E-state index contributed by atoms with van der Waals surface area (Å²) in [5.74, 6) is -0.451. The highest BCUT2D eigenvalue weighted by atomic mass is 19.4. The van der Waals surface area contributed by atoms with Crippen LogP contribution in [0.2, 0.25) is 0 Å². The predicted molar refractivity (Wildman–Crippen MR) is 62.3 cm³/mol. The van der Waals surface area contributed by atoms with Gasteiger partial charge in [0, 0.05) is 6.54 Å². The summed E-state index contributed by atoms with van der Waals surface area (Å²) in [6.07, 6.45) is -3.98. The molecule has 4 nitrogen and oxygen atoms in total. The molecular weight excluding hydrogens is 249 g/mol. The van der Waals surface area contributed by atoms with E-state index in [2.05, 4.69) is 5.32 Å². The van der Waals surface area contributed by atoms with Crippen molar-refractivity contribution in [1.29, 1.82) is 0 Å². The molecule has 0 aromatic rings. The minimum absolute atomic E-state index is 0.148. The average molecular weight is 270 g/mol. The van der Waals surface area contributed by atoms with Gasteiger partial charge in [-0.3, -0.25) is 9.69 Å². The lowest BCUT2D eigenvalue weighted by Gasteiger charge is -2.29. The highest BCUT2D eigenvalue weighted by Gasteiger charge is 2.34. The van der Waals surface area contributed by atoms with Gasteiger partial charge in [-0.1, -0.05) is 0 Å². The average Bonchev–Trinajstić information content (AvgIpc) is 2.24. The molecular formula is C11H21F3N2O2. The molecule has 0 rings (SSSR count). The van der Waals surface area contributed by atoms with E-state index in [1.165, 1.54) is 7.05 Å². The van der Waals surface area contributed by atoms with Crippen LogP contribution in [0.3, 0.4) is 0 Å². The molecule has 0 radical (unpaired) electrons. The number of rotatable bonds is 7. The summed E-state index contributed by atoms with van der Waals surface area (Å²) in [6.45, 7) is 2.70. The van der Waals surface area contributed by atoms with Gasteiger partial charge in [0.05, 0.1) is 13.2 Å². The van der Waals surface area contributed by atoms with Gasteiger partial charge in [-0.05, 0) is 34.4 Å². The maximum Gasteiger partial charge on any atom is 0.401 e. The molecule has 18 heavy (non-hydrogen) atoms. The number of carbonyl (C=O) groups is 1. The Morgan fingerprint density at radius 1 is 1.39 bits per heavy atom. The van der Waals surface area contributed by atoms with Crippen molar-refractivity contribution in [3.63, 3.8) is 0 Å². The normalized spacial score (nSPS) is 15.6. The molecule has 7 heteroatoms. The molecule has 0 fully saturated rings. The third-order valence-corrected chi connectivity index (χ3v) is 2.72. The molecule has 0 aromatic heterocycles. The molecule has 0 spiro atoms. The first-order valence-corrected chi connectivity index (χ1v) is 5.76. The van der Waals surface area contributed by atoms with Gasteiger partial charge in [0.1, 0.15) is 5.54 Å². The minimum Gasteiger partial charge on any atom is -0.465 e. The predicted octanol–water partition coefficient (Wildman–Crippen LogP) is 1.41. The Bertz CT molecular complexity index is 272. The van der Waals surface area contributed by atoms with Crippen LogP contribution in [0, 0.1) is 0 Å². The van der Waals surface area contributed by atoms with E-state index < -0.39 is 24.2 Å². The molecule has 1 atom stereocenters. The third-order valence-electron chi connectivity index (χ3n) is 2.72. The van der Waals surface area contributed by atoms with Gasteiger partial charge in [-0.2, -0.15) is 13.2 Å². The van der Waals surface area contributed by atoms with Crippen molar-refractivity contribution in [3.05, 3.63) is 0 Å². The third kappa shape index (κ3) is 6.20. The summed E-state index contributed by atoms with van der Waals surface area (Å²) >= 11 is 0. The van der Waals surface area contributed by atoms with E-state index in [1.54, 1.807) is 20.9 Å². The zero-order valence-electron chi connectivity index (χ0n) is 11.2. The lowest BCUT2D eigenvalue weighted by molar-refractivity contribution is -0.151. The number of esters is 1. The van der Waals surface area contributed by atoms with Gasteiger partial charge in [0.15, 0.2) is 0 Å². The lowest BCUT2D eigenvalue weighted by Crippen LogP contribution is -2.50. The van der Waals surface area contributed by atoms with Gasteiger partial charge in [-0.15, -0.1) is 0 Å². The van der Waals surface area contributed by atoms with Crippen molar-refractivity contribution in [2.24, 2.45) is 0 Å². The maximum absolute atomic E-state index is 12.1. The summed E-state index contributed by atoms with van der Waals surface area (Å²) < 4.78 is 41.3. The SMILES string of the molecule is CCOC(=O)C(C)(CCN(C)CC(F)(F)F)NC. The van der Waals surface area contributed by atoms with Crippen LogP contribution < -0.4 is 5.32 Å². The topological polar surface area (TPSA) is 41.6 Å². The molecule has 0 bridgehead atoms. The first-order chi connectivity index (χ1) is 8.14. The lowest BCUT2D eigenvalue weighted by atomic mass is 9.98. The number of nitrogens with zero attached hydrogens (tertiary/aromatic N) is 1. The Morgan fingerprint density at radius 2 is 1.94 bits per heavy atom. The monoisotopic (exact) mass is 270 g/mol. The van der Waals surface area contributed by atoms with E-state index in [0.717, 1.165) is 4.90 Å². The molecule has 0 aliphatic heterocycles. The van der Waals surface area contributed by atoms with E-state index in [0.29, 0.717) is 0 Å². The number of hydrogen-bond donors (Lipinski definition) is 1. The zero-order valence-corrected chi connectivity index (χ0v) is 11.2. The van der Waals surface area contributed by atoms with Gasteiger partial charge >= 0.3 is 12.1 Å². The fraction of sp³-hybridized carbons (Fsp3) is 0.909. The minimum atomic E-state index is -4.23. The fourth-order valence-electron chi connectivity index (χ4n) is 1.42. The Hall–Kier alpha value is -0.820. The second-order valence-corrected chi connectivity index (χ2v) is 4.41. The first kappa shape index (κ1) is 17.2. The summed E-state index contributed by atoms with van der Waals surface area (Å²) in [5, 5.41) is 2.80. The second kappa shape index (κ2) is 6.94. The number of alkyl halides is 3. The number of carbonyl (C=O) groups excluding carboxylic acids is 1. The van der Waals surface area contributed by atoms with Crippen LogP contribution in [0.25, 0.3) is 0 Å². The largest absolute Gasteiger partial charge is 0.465 e. The van der Waals surface area contributed by atoms with Gasteiger partial charge < -0.3 is 10.1 Å². The summed E-state index contributed by atoms with van der Waals surface area (Å²) in [5.41, 5.74) is -0.962. The number of ether oxygens (including phenoxy) is 1. The smallest absolute Gasteiger partial charge is 0.401 e. The number of halogens is 3. The second-order valence-electron chi connectivity index (χ2n) is 4.41. The molecule has 1 N–H and O–H groups in total. The Labute approximate surface area is 105 Å². The maximum atomic E-state index is 12.1. The Kier molecular flexibility index (Phi) is 6.62. The van der Waals surface area contributed by atoms with Gasteiger partial charge in [0.25, 0.3) is 0 Å². The van der Waals surface area contributed by atoms with Crippen LogP contribution in [0.5, 0.6) is 0 Å². The molecule has 0 aliphatic carbocycles. The quantitative estimate of drug-likeness (QED) is 0.710. The Morgan fingerprint density at radius 3 is 2.33 bits per heavy atom. The standard InChI is InChI=1S/C11H21F3N2O2/c1-5-18-9(17)10(2,15-3)6-7-16(4)8-11(12,13)14/h15H,5-8H2,1-4H3. The number of hydrogen-bond acceptors (Lipinski definition) is 4. The van der Waals surface area contributed by atoms with E-state index >= 15 is 0 Å². The molecule has 0 aliphatic rings. The molecule has 0 saturated carbocycles. The molecule has 0 aromatic carbocycles. The van der Waals surface area contributed by atoms with Gasteiger partial charge in [0.2, 0.25) is 0 Å². The number of likely N-dealkylation sites (N-methyl/N-ethyl adjacent to an activating group) is 1. The van der Waals surface area contributed by atoms with Crippen molar-refractivity contribution >= 4 is 5.97 Å². The molecule has 0 amide bonds. The summed E-state index contributed by atoms with van der Waals surface area (Å²) in [6, 6.07) is 0. The van der Waals surface area contributed by atoms with Gasteiger partial charge in [-0.25, -0.2) is 0 Å². The van der Waals surface area contributed by atoms with E-state index in [9.17, 15) is 18.0 Å². The highest BCUT2D eigenvalue weighted by molar-refractivity contribution is 5.80. The number of nitrogens with one attached hydrogen (secondary N) is 1.